The molecule has 0 aliphatic heterocycles. The molecule has 0 aromatic heterocycles. The summed E-state index contributed by atoms with van der Waals surface area (Å²) in [4.78, 5) is 0. The van der Waals surface area contributed by atoms with Crippen molar-refractivity contribution in [3.8, 4) is 0 Å². The maximum Gasteiger partial charge on any atom is 0.438 e. The Kier molecular flexibility index (Phi) is 1.34. The van der Waals surface area contributed by atoms with Gasteiger partial charge in [-0.2, -0.15) is 0 Å². The first-order chi connectivity index (χ1) is 5.20. The number of amidine groups is 1. The molecule has 2 saturated carbocycles. The second kappa shape index (κ2) is 2.13. The third-order valence-corrected chi connectivity index (χ3v) is 3.01. The lowest BCUT2D eigenvalue weighted by molar-refractivity contribution is -0.157. The number of hydrogen-bond acceptors (Lipinski definition) is 1. The summed E-state index contributed by atoms with van der Waals surface area (Å²) >= 11 is 0. The van der Waals surface area contributed by atoms with Crippen LogP contribution in [-0.2, 0) is 4.74 Å². The van der Waals surface area contributed by atoms with Gasteiger partial charge in [-0.25, -0.2) is 0 Å². The smallest absolute Gasteiger partial charge is 0.425 e. The van der Waals surface area contributed by atoms with Crippen LogP contribution in [0.3, 0.4) is 0 Å². The Hall–Kier alpha value is -0.730. The molecule has 2 bridgehead atoms. The minimum Gasteiger partial charge on any atom is -0.425 e. The van der Waals surface area contributed by atoms with Crippen LogP contribution in [0.1, 0.15) is 32.1 Å². The molecule has 0 aromatic rings. The lowest BCUT2D eigenvalue weighted by atomic mass is 9.97. The van der Waals surface area contributed by atoms with E-state index in [4.69, 9.17) is 15.9 Å². The van der Waals surface area contributed by atoms with Crippen LogP contribution in [0.15, 0.2) is 0 Å². The Morgan fingerprint density at radius 3 is 2.45 bits per heavy atom. The van der Waals surface area contributed by atoms with E-state index in [1.165, 1.54) is 19.3 Å². The van der Waals surface area contributed by atoms with E-state index in [2.05, 4.69) is 0 Å². The van der Waals surface area contributed by atoms with Gasteiger partial charge in [0.15, 0.2) is 0 Å². The van der Waals surface area contributed by atoms with E-state index in [0.717, 1.165) is 18.8 Å². The molecule has 3 nitrogen and oxygen atoms in total. The second-order valence-corrected chi connectivity index (χ2v) is 3.83. The van der Waals surface area contributed by atoms with Crippen molar-refractivity contribution >= 4 is 6.02 Å². The Bertz CT molecular complexity index is 183. The Morgan fingerprint density at radius 1 is 1.45 bits per heavy atom. The molecule has 0 heterocycles. The van der Waals surface area contributed by atoms with Gasteiger partial charge in [0.25, 0.3) is 0 Å². The zero-order valence-corrected chi connectivity index (χ0v) is 6.68. The summed E-state index contributed by atoms with van der Waals surface area (Å²) < 4.78 is 5.46. The topological polar surface area (TPSA) is 60.8 Å². The van der Waals surface area contributed by atoms with E-state index < -0.39 is 0 Å². The second-order valence-electron chi connectivity index (χ2n) is 3.83. The van der Waals surface area contributed by atoms with Crippen molar-refractivity contribution in [3.05, 3.63) is 0 Å². The van der Waals surface area contributed by atoms with Crippen molar-refractivity contribution in [3.63, 3.8) is 0 Å². The van der Waals surface area contributed by atoms with Gasteiger partial charge in [0.05, 0.1) is 0 Å². The zero-order valence-electron chi connectivity index (χ0n) is 6.68. The summed E-state index contributed by atoms with van der Waals surface area (Å²) in [6, 6.07) is 0.146. The first-order valence-corrected chi connectivity index (χ1v) is 4.27. The highest BCUT2D eigenvalue weighted by atomic mass is 16.5. The predicted molar refractivity (Wildman–Crippen MR) is 41.5 cm³/mol. The molecule has 2 rings (SSSR count). The average molecular weight is 155 g/mol. The van der Waals surface area contributed by atoms with Gasteiger partial charge < -0.3 is 4.74 Å². The van der Waals surface area contributed by atoms with Gasteiger partial charge in [0.1, 0.15) is 5.60 Å². The normalized spacial score (nSPS) is 40.9. The molecular weight excluding hydrogens is 140 g/mol. The van der Waals surface area contributed by atoms with Crippen LogP contribution in [0.2, 0.25) is 0 Å². The van der Waals surface area contributed by atoms with Gasteiger partial charge in [-0.15, -0.1) is 0 Å². The summed E-state index contributed by atoms with van der Waals surface area (Å²) in [6.07, 6.45) is 6.07. The Balaban J connectivity index is 2.05. The van der Waals surface area contributed by atoms with Crippen LogP contribution < -0.4 is 11.1 Å². The van der Waals surface area contributed by atoms with Gasteiger partial charge in [0, 0.05) is 0 Å². The van der Waals surface area contributed by atoms with Crippen molar-refractivity contribution in [2.75, 3.05) is 0 Å². The highest BCUT2D eigenvalue weighted by Gasteiger charge is 2.47. The lowest BCUT2D eigenvalue weighted by Crippen LogP contribution is -2.51. The maximum absolute atomic E-state index is 5.46. The molecular formula is C8H15N2O+. The summed E-state index contributed by atoms with van der Waals surface area (Å²) in [6.45, 7) is 0. The van der Waals surface area contributed by atoms with Gasteiger partial charge in [-0.3, -0.25) is 11.1 Å². The number of fused-ring (bicyclic) bond motifs is 2. The molecule has 0 atom stereocenters. The average Bonchev–Trinajstić information content (AvgIpc) is 2.43. The van der Waals surface area contributed by atoms with E-state index in [1.807, 2.05) is 0 Å². The number of nitrogens with two attached hydrogens (primary N) is 2. The molecule has 0 spiro atoms. The zero-order chi connectivity index (χ0) is 7.90. The van der Waals surface area contributed by atoms with E-state index >= 15 is 0 Å². The molecule has 62 valence electrons. The van der Waals surface area contributed by atoms with Crippen molar-refractivity contribution < 1.29 is 10.1 Å². The maximum atomic E-state index is 5.46. The fraction of sp³-hybridized carbons (Fsp3) is 0.875. The van der Waals surface area contributed by atoms with Gasteiger partial charge in [0.2, 0.25) is 0 Å². The summed E-state index contributed by atoms with van der Waals surface area (Å²) in [5.74, 6) is 0.884. The minimum atomic E-state index is 0.0451. The number of ether oxygens (including phenoxy) is 1. The largest absolute Gasteiger partial charge is 0.438 e. The van der Waals surface area contributed by atoms with Crippen molar-refractivity contribution in [2.45, 2.75) is 37.7 Å². The SMILES string of the molecule is NC(=[NH2+])OC12CCC(CC1)C2. The Labute approximate surface area is 66.4 Å². The first kappa shape index (κ1) is 6.95. The molecule has 11 heavy (non-hydrogen) atoms. The van der Waals surface area contributed by atoms with Crippen molar-refractivity contribution in [1.29, 1.82) is 0 Å². The fourth-order valence-corrected chi connectivity index (χ4v) is 2.53. The predicted octanol–water partition coefficient (Wildman–Crippen LogP) is -0.591. The molecule has 4 N–H and O–H groups in total. The molecule has 0 saturated heterocycles. The molecule has 0 radical (unpaired) electrons. The molecule has 0 aromatic carbocycles. The third-order valence-electron chi connectivity index (χ3n) is 3.01. The summed E-state index contributed by atoms with van der Waals surface area (Å²) in [5.41, 5.74) is 5.37. The first-order valence-electron chi connectivity index (χ1n) is 4.27. The van der Waals surface area contributed by atoms with Crippen LogP contribution in [0.4, 0.5) is 0 Å². The highest BCUT2D eigenvalue weighted by Crippen LogP contribution is 2.49. The van der Waals surface area contributed by atoms with E-state index in [1.54, 1.807) is 0 Å². The summed E-state index contributed by atoms with van der Waals surface area (Å²) in [7, 11) is 0. The molecule has 0 amide bonds. The molecule has 2 aliphatic rings. The fourth-order valence-electron chi connectivity index (χ4n) is 2.53. The summed E-state index contributed by atoms with van der Waals surface area (Å²) in [5, 5.41) is 5.32. The van der Waals surface area contributed by atoms with E-state index in [9.17, 15) is 0 Å². The number of hydrogen-bond donors (Lipinski definition) is 2. The highest BCUT2D eigenvalue weighted by molar-refractivity contribution is 5.64. The van der Waals surface area contributed by atoms with Crippen LogP contribution in [0, 0.1) is 5.92 Å². The number of rotatable bonds is 1. The van der Waals surface area contributed by atoms with Crippen LogP contribution in [0.25, 0.3) is 0 Å². The molecule has 2 aliphatic carbocycles. The van der Waals surface area contributed by atoms with Crippen LogP contribution >= 0.6 is 0 Å². The quantitative estimate of drug-likeness (QED) is 0.393. The Morgan fingerprint density at radius 2 is 2.09 bits per heavy atom. The van der Waals surface area contributed by atoms with Gasteiger partial charge in [-0.1, -0.05) is 0 Å². The van der Waals surface area contributed by atoms with E-state index in [-0.39, 0.29) is 11.6 Å². The van der Waals surface area contributed by atoms with Gasteiger partial charge >= 0.3 is 6.02 Å². The molecule has 0 unspecified atom stereocenters. The molecule has 2 fully saturated rings. The van der Waals surface area contributed by atoms with Crippen molar-refractivity contribution in [1.82, 2.24) is 0 Å². The standard InChI is InChI=1S/C8H14N2O/c9-7(10)11-8-3-1-6(5-8)2-4-8/h6H,1-5H2,(H3,9,10)/p+1. The van der Waals surface area contributed by atoms with Crippen LogP contribution in [0.5, 0.6) is 0 Å². The lowest BCUT2D eigenvalue weighted by Gasteiger charge is -2.24. The third kappa shape index (κ3) is 1.08. The minimum absolute atomic E-state index is 0.0451. The van der Waals surface area contributed by atoms with E-state index in [0.29, 0.717) is 0 Å². The monoisotopic (exact) mass is 155 g/mol. The molecule has 3 heteroatoms. The van der Waals surface area contributed by atoms with Crippen LogP contribution in [-0.4, -0.2) is 11.6 Å². The van der Waals surface area contributed by atoms with Crippen molar-refractivity contribution in [2.24, 2.45) is 11.7 Å². The van der Waals surface area contributed by atoms with Gasteiger partial charge in [-0.05, 0) is 38.0 Å².